The summed E-state index contributed by atoms with van der Waals surface area (Å²) in [4.78, 5) is 32.4. The highest BCUT2D eigenvalue weighted by Crippen LogP contribution is 2.20. The molecule has 0 aliphatic carbocycles. The van der Waals surface area contributed by atoms with Gasteiger partial charge in [0.25, 0.3) is 0 Å². The van der Waals surface area contributed by atoms with Gasteiger partial charge >= 0.3 is 6.03 Å². The van der Waals surface area contributed by atoms with Crippen LogP contribution >= 0.6 is 0 Å². The fourth-order valence-corrected chi connectivity index (χ4v) is 3.33. The van der Waals surface area contributed by atoms with Gasteiger partial charge in [-0.1, -0.05) is 41.6 Å². The fourth-order valence-electron chi connectivity index (χ4n) is 3.33. The Kier molecular flexibility index (Phi) is 7.69. The molecule has 160 valence electrons. The van der Waals surface area contributed by atoms with E-state index in [1.807, 2.05) is 42.2 Å². The monoisotopic (exact) mass is 412 g/mol. The van der Waals surface area contributed by atoms with Crippen LogP contribution < -0.4 is 10.6 Å². The number of amides is 3. The zero-order chi connectivity index (χ0) is 21.3. The second-order valence-corrected chi connectivity index (χ2v) is 7.25. The normalized spacial score (nSPS) is 16.0. The first-order valence-electron chi connectivity index (χ1n) is 10.1. The Hall–Kier alpha value is -3.04. The van der Waals surface area contributed by atoms with Crippen molar-refractivity contribution in [1.82, 2.24) is 30.6 Å². The van der Waals surface area contributed by atoms with Crippen molar-refractivity contribution in [3.05, 3.63) is 60.3 Å². The minimum absolute atomic E-state index is 0.00248. The van der Waals surface area contributed by atoms with Crippen molar-refractivity contribution >= 4 is 11.9 Å². The largest absolute Gasteiger partial charge is 0.338 e. The Morgan fingerprint density at radius 2 is 1.97 bits per heavy atom. The molecule has 0 spiro atoms. The Balaban J connectivity index is 1.44. The molecule has 2 aromatic rings. The maximum atomic E-state index is 12.0. The Morgan fingerprint density at radius 3 is 2.67 bits per heavy atom. The summed E-state index contributed by atoms with van der Waals surface area (Å²) in [5.41, 5.74) is 1.14. The van der Waals surface area contributed by atoms with E-state index in [4.69, 9.17) is 4.52 Å². The van der Waals surface area contributed by atoms with Crippen molar-refractivity contribution in [1.29, 1.82) is 0 Å². The minimum atomic E-state index is -0.505. The van der Waals surface area contributed by atoms with Crippen LogP contribution in [0.4, 0.5) is 4.79 Å². The minimum Gasteiger partial charge on any atom is -0.338 e. The summed E-state index contributed by atoms with van der Waals surface area (Å²) in [6.07, 6.45) is 2.19. The van der Waals surface area contributed by atoms with Crippen LogP contribution in [-0.2, 0) is 11.2 Å². The number of urea groups is 1. The van der Waals surface area contributed by atoms with E-state index in [1.54, 1.807) is 6.08 Å². The third kappa shape index (κ3) is 6.23. The van der Waals surface area contributed by atoms with Crippen LogP contribution in [-0.4, -0.2) is 71.1 Å². The summed E-state index contributed by atoms with van der Waals surface area (Å²) in [5.74, 6) is 0.958. The van der Waals surface area contributed by atoms with Gasteiger partial charge in [-0.15, -0.1) is 6.58 Å². The zero-order valence-electron chi connectivity index (χ0n) is 17.2. The maximum Gasteiger partial charge on any atom is 0.321 e. The van der Waals surface area contributed by atoms with Crippen LogP contribution in [0.3, 0.4) is 0 Å². The molecule has 1 aliphatic rings. The average molecular weight is 412 g/mol. The van der Waals surface area contributed by atoms with Crippen molar-refractivity contribution < 1.29 is 14.1 Å². The van der Waals surface area contributed by atoms with Crippen LogP contribution in [0.15, 0.2) is 47.5 Å². The highest BCUT2D eigenvalue weighted by molar-refractivity contribution is 5.95. The third-order valence-corrected chi connectivity index (χ3v) is 5.03. The molecule has 1 aliphatic heterocycles. The van der Waals surface area contributed by atoms with E-state index < -0.39 is 6.03 Å². The number of carbonyl (C=O) groups is 2. The highest BCUT2D eigenvalue weighted by Gasteiger charge is 2.26. The molecule has 1 atom stereocenters. The topological polar surface area (TPSA) is 104 Å². The summed E-state index contributed by atoms with van der Waals surface area (Å²) in [7, 11) is 0. The van der Waals surface area contributed by atoms with Crippen molar-refractivity contribution in [2.45, 2.75) is 19.4 Å². The summed E-state index contributed by atoms with van der Waals surface area (Å²) >= 11 is 0. The molecule has 2 heterocycles. The van der Waals surface area contributed by atoms with Gasteiger partial charge in [0.1, 0.15) is 0 Å². The summed E-state index contributed by atoms with van der Waals surface area (Å²) in [5, 5.41) is 8.95. The van der Waals surface area contributed by atoms with Crippen molar-refractivity contribution in [2.75, 3.05) is 39.3 Å². The van der Waals surface area contributed by atoms with Gasteiger partial charge in [-0.2, -0.15) is 4.98 Å². The van der Waals surface area contributed by atoms with Gasteiger partial charge in [-0.3, -0.25) is 19.9 Å². The first kappa shape index (κ1) is 21.7. The predicted molar refractivity (Wildman–Crippen MR) is 112 cm³/mol. The molecule has 1 saturated heterocycles. The number of nitrogens with zero attached hydrogens (tertiary/aromatic N) is 4. The Labute approximate surface area is 176 Å². The summed E-state index contributed by atoms with van der Waals surface area (Å²) in [6, 6.07) is 9.54. The van der Waals surface area contributed by atoms with Gasteiger partial charge in [0.2, 0.25) is 11.8 Å². The second-order valence-electron chi connectivity index (χ2n) is 7.25. The smallest absolute Gasteiger partial charge is 0.321 e. The average Bonchev–Trinajstić information content (AvgIpc) is 3.21. The molecule has 0 bridgehead atoms. The molecule has 1 fully saturated rings. The lowest BCUT2D eigenvalue weighted by Crippen LogP contribution is -2.51. The lowest BCUT2D eigenvalue weighted by atomic mass is 10.1. The van der Waals surface area contributed by atoms with Crippen LogP contribution in [0.5, 0.6) is 0 Å². The molecular weight excluding hydrogens is 384 g/mol. The second kappa shape index (κ2) is 10.7. The van der Waals surface area contributed by atoms with Gasteiger partial charge in [-0.25, -0.2) is 4.79 Å². The van der Waals surface area contributed by atoms with E-state index in [-0.39, 0.29) is 18.5 Å². The maximum absolute atomic E-state index is 12.0. The van der Waals surface area contributed by atoms with E-state index in [2.05, 4.69) is 32.3 Å². The van der Waals surface area contributed by atoms with Crippen LogP contribution in [0.2, 0.25) is 0 Å². The number of hydrogen-bond donors (Lipinski definition) is 2. The van der Waals surface area contributed by atoms with E-state index in [1.165, 1.54) is 0 Å². The predicted octanol–water partition coefficient (Wildman–Crippen LogP) is 1.35. The SMILES string of the molecule is C=CCNC(=O)NC(=O)CN1CCN(C(C)c2nc(Cc3ccccc3)no2)CC1. The molecule has 1 aromatic carbocycles. The van der Waals surface area contributed by atoms with E-state index in [9.17, 15) is 9.59 Å². The lowest BCUT2D eigenvalue weighted by Gasteiger charge is -2.36. The van der Waals surface area contributed by atoms with Gasteiger partial charge < -0.3 is 9.84 Å². The third-order valence-electron chi connectivity index (χ3n) is 5.03. The van der Waals surface area contributed by atoms with Crippen LogP contribution in [0, 0.1) is 0 Å². The highest BCUT2D eigenvalue weighted by atomic mass is 16.5. The molecule has 0 saturated carbocycles. The molecule has 9 nitrogen and oxygen atoms in total. The molecule has 3 amide bonds. The molecule has 30 heavy (non-hydrogen) atoms. The van der Waals surface area contributed by atoms with E-state index in [0.29, 0.717) is 24.7 Å². The number of hydrogen-bond acceptors (Lipinski definition) is 7. The van der Waals surface area contributed by atoms with Gasteiger partial charge in [-0.05, 0) is 12.5 Å². The van der Waals surface area contributed by atoms with Crippen LogP contribution in [0.1, 0.15) is 30.2 Å². The number of benzene rings is 1. The molecule has 9 heteroatoms. The van der Waals surface area contributed by atoms with Crippen molar-refractivity contribution in [2.24, 2.45) is 0 Å². The Bertz CT molecular complexity index is 845. The molecular formula is C21H28N6O3. The van der Waals surface area contributed by atoms with Crippen molar-refractivity contribution in [3.8, 4) is 0 Å². The van der Waals surface area contributed by atoms with Gasteiger partial charge in [0.05, 0.1) is 12.6 Å². The quantitative estimate of drug-likeness (QED) is 0.631. The first-order chi connectivity index (χ1) is 14.5. The number of aromatic nitrogens is 2. The van der Waals surface area contributed by atoms with Crippen molar-refractivity contribution in [3.63, 3.8) is 0 Å². The number of carbonyl (C=O) groups excluding carboxylic acids is 2. The molecule has 3 rings (SSSR count). The van der Waals surface area contributed by atoms with Gasteiger partial charge in [0, 0.05) is 39.1 Å². The van der Waals surface area contributed by atoms with E-state index in [0.717, 1.165) is 31.7 Å². The molecule has 1 aromatic heterocycles. The van der Waals surface area contributed by atoms with Crippen LogP contribution in [0.25, 0.3) is 0 Å². The fraction of sp³-hybridized carbons (Fsp3) is 0.429. The lowest BCUT2D eigenvalue weighted by molar-refractivity contribution is -0.121. The summed E-state index contributed by atoms with van der Waals surface area (Å²) in [6.45, 7) is 9.05. The zero-order valence-corrected chi connectivity index (χ0v) is 17.2. The number of nitrogens with one attached hydrogen (secondary N) is 2. The van der Waals surface area contributed by atoms with E-state index >= 15 is 0 Å². The number of rotatable bonds is 8. The molecule has 2 N–H and O–H groups in total. The molecule has 0 radical (unpaired) electrons. The first-order valence-corrected chi connectivity index (χ1v) is 10.1. The summed E-state index contributed by atoms with van der Waals surface area (Å²) < 4.78 is 5.49. The number of piperazine rings is 1. The Morgan fingerprint density at radius 1 is 1.23 bits per heavy atom. The van der Waals surface area contributed by atoms with Gasteiger partial charge in [0.15, 0.2) is 5.82 Å². The number of imide groups is 1. The molecule has 1 unspecified atom stereocenters. The standard InChI is InChI=1S/C21H28N6O3/c1-3-9-22-21(29)24-19(28)15-26-10-12-27(13-11-26)16(2)20-23-18(25-30-20)14-17-7-5-4-6-8-17/h3-8,16H,1,9-15H2,2H3,(H2,22,24,28,29).